The number of ether oxygens (including phenoxy) is 2. The predicted octanol–water partition coefficient (Wildman–Crippen LogP) is 3.25. The second kappa shape index (κ2) is 6.21. The third kappa shape index (κ3) is 3.47. The molecule has 0 aliphatic rings. The molecule has 110 valence electrons. The summed E-state index contributed by atoms with van der Waals surface area (Å²) in [5.41, 5.74) is 0.505. The Kier molecular flexibility index (Phi) is 4.37. The number of benzene rings is 2. The molecular formula is C15H12F2O4. The lowest BCUT2D eigenvalue weighted by Crippen LogP contribution is -2.01. The summed E-state index contributed by atoms with van der Waals surface area (Å²) < 4.78 is 36.4. The Bertz CT molecular complexity index is 671. The minimum atomic E-state index is -1.08. The van der Waals surface area contributed by atoms with E-state index in [1.165, 1.54) is 31.4 Å². The van der Waals surface area contributed by atoms with Crippen LogP contribution in [0.5, 0.6) is 11.5 Å². The molecule has 0 unspecified atom stereocenters. The van der Waals surface area contributed by atoms with Gasteiger partial charge >= 0.3 is 5.97 Å². The van der Waals surface area contributed by atoms with Crippen molar-refractivity contribution in [1.82, 2.24) is 0 Å². The number of hydrogen-bond acceptors (Lipinski definition) is 3. The van der Waals surface area contributed by atoms with E-state index in [-0.39, 0.29) is 17.9 Å². The SMILES string of the molecule is COc1cc(C(=O)O)ccc1OCc1ccc(F)c(F)c1. The van der Waals surface area contributed by atoms with Crippen molar-refractivity contribution in [3.05, 3.63) is 59.2 Å². The Morgan fingerprint density at radius 2 is 1.86 bits per heavy atom. The van der Waals surface area contributed by atoms with Crippen molar-refractivity contribution < 1.29 is 28.2 Å². The van der Waals surface area contributed by atoms with Crippen LogP contribution in [0.2, 0.25) is 0 Å². The van der Waals surface area contributed by atoms with Gasteiger partial charge in [-0.05, 0) is 35.9 Å². The lowest BCUT2D eigenvalue weighted by molar-refractivity contribution is 0.0696. The van der Waals surface area contributed by atoms with Gasteiger partial charge in [-0.2, -0.15) is 0 Å². The molecule has 0 fully saturated rings. The van der Waals surface area contributed by atoms with Gasteiger partial charge in [0.25, 0.3) is 0 Å². The van der Waals surface area contributed by atoms with Crippen LogP contribution in [0.25, 0.3) is 0 Å². The normalized spacial score (nSPS) is 10.2. The fourth-order valence-electron chi connectivity index (χ4n) is 1.71. The molecule has 4 nitrogen and oxygen atoms in total. The van der Waals surface area contributed by atoms with E-state index in [4.69, 9.17) is 14.6 Å². The zero-order chi connectivity index (χ0) is 15.4. The van der Waals surface area contributed by atoms with Gasteiger partial charge in [-0.15, -0.1) is 0 Å². The smallest absolute Gasteiger partial charge is 0.335 e. The van der Waals surface area contributed by atoms with Gasteiger partial charge < -0.3 is 14.6 Å². The molecule has 0 saturated carbocycles. The number of aromatic carboxylic acids is 1. The standard InChI is InChI=1S/C15H12F2O4/c1-20-14-7-10(15(18)19)3-5-13(14)21-8-9-2-4-11(16)12(17)6-9/h2-7H,8H2,1H3,(H,18,19). The van der Waals surface area contributed by atoms with Crippen LogP contribution in [0.15, 0.2) is 36.4 Å². The van der Waals surface area contributed by atoms with E-state index in [2.05, 4.69) is 0 Å². The summed E-state index contributed by atoms with van der Waals surface area (Å²) in [6.45, 7) is -0.0000217. The number of methoxy groups -OCH3 is 1. The molecule has 0 atom stereocenters. The Hall–Kier alpha value is -2.63. The third-order valence-corrected chi connectivity index (χ3v) is 2.79. The molecule has 2 rings (SSSR count). The molecule has 0 radical (unpaired) electrons. The molecule has 1 N–H and O–H groups in total. The molecule has 0 aliphatic carbocycles. The quantitative estimate of drug-likeness (QED) is 0.919. The summed E-state index contributed by atoms with van der Waals surface area (Å²) in [6, 6.07) is 7.58. The van der Waals surface area contributed by atoms with Crippen molar-refractivity contribution in [1.29, 1.82) is 0 Å². The van der Waals surface area contributed by atoms with Crippen LogP contribution >= 0.6 is 0 Å². The zero-order valence-corrected chi connectivity index (χ0v) is 11.1. The number of carboxylic acid groups (broad SMARTS) is 1. The third-order valence-electron chi connectivity index (χ3n) is 2.79. The van der Waals surface area contributed by atoms with E-state index in [1.807, 2.05) is 0 Å². The van der Waals surface area contributed by atoms with Gasteiger partial charge in [0.05, 0.1) is 12.7 Å². The van der Waals surface area contributed by atoms with Gasteiger partial charge in [-0.25, -0.2) is 13.6 Å². The maximum atomic E-state index is 13.1. The maximum absolute atomic E-state index is 13.1. The van der Waals surface area contributed by atoms with Crippen LogP contribution in [-0.2, 0) is 6.61 Å². The summed E-state index contributed by atoms with van der Waals surface area (Å²) in [6.07, 6.45) is 0. The van der Waals surface area contributed by atoms with E-state index in [1.54, 1.807) is 0 Å². The molecule has 2 aromatic rings. The first kappa shape index (κ1) is 14.8. The summed E-state index contributed by atoms with van der Waals surface area (Å²) >= 11 is 0. The summed E-state index contributed by atoms with van der Waals surface area (Å²) in [4.78, 5) is 10.9. The molecule has 21 heavy (non-hydrogen) atoms. The van der Waals surface area contributed by atoms with E-state index in [0.717, 1.165) is 12.1 Å². The molecule has 0 spiro atoms. The molecule has 0 amide bonds. The van der Waals surface area contributed by atoms with Crippen LogP contribution in [0.1, 0.15) is 15.9 Å². The molecule has 0 aromatic heterocycles. The topological polar surface area (TPSA) is 55.8 Å². The van der Waals surface area contributed by atoms with Gasteiger partial charge in [0.15, 0.2) is 23.1 Å². The Morgan fingerprint density at radius 3 is 2.48 bits per heavy atom. The number of hydrogen-bond donors (Lipinski definition) is 1. The first-order chi connectivity index (χ1) is 10.0. The molecule has 2 aromatic carbocycles. The highest BCUT2D eigenvalue weighted by atomic mass is 19.2. The van der Waals surface area contributed by atoms with Crippen LogP contribution in [0.3, 0.4) is 0 Å². The first-order valence-electron chi connectivity index (χ1n) is 5.99. The molecule has 0 saturated heterocycles. The molecule has 0 bridgehead atoms. The van der Waals surface area contributed by atoms with Crippen LogP contribution < -0.4 is 9.47 Å². The van der Waals surface area contributed by atoms with E-state index in [9.17, 15) is 13.6 Å². The average molecular weight is 294 g/mol. The van der Waals surface area contributed by atoms with Gasteiger partial charge in [-0.3, -0.25) is 0 Å². The lowest BCUT2D eigenvalue weighted by Gasteiger charge is -2.11. The Labute approximate surface area is 119 Å². The van der Waals surface area contributed by atoms with Gasteiger partial charge in [0, 0.05) is 0 Å². The molecular weight excluding hydrogens is 282 g/mol. The Morgan fingerprint density at radius 1 is 1.10 bits per heavy atom. The Balaban J connectivity index is 2.15. The number of rotatable bonds is 5. The largest absolute Gasteiger partial charge is 0.493 e. The lowest BCUT2D eigenvalue weighted by atomic mass is 10.2. The van der Waals surface area contributed by atoms with Crippen LogP contribution in [-0.4, -0.2) is 18.2 Å². The predicted molar refractivity (Wildman–Crippen MR) is 70.6 cm³/mol. The highest BCUT2D eigenvalue weighted by Crippen LogP contribution is 2.29. The van der Waals surface area contributed by atoms with Crippen molar-refractivity contribution in [2.45, 2.75) is 6.61 Å². The van der Waals surface area contributed by atoms with Crippen molar-refractivity contribution in [3.63, 3.8) is 0 Å². The number of halogens is 2. The van der Waals surface area contributed by atoms with Crippen molar-refractivity contribution in [2.75, 3.05) is 7.11 Å². The van der Waals surface area contributed by atoms with E-state index < -0.39 is 17.6 Å². The van der Waals surface area contributed by atoms with E-state index in [0.29, 0.717) is 11.3 Å². The van der Waals surface area contributed by atoms with Crippen LogP contribution in [0, 0.1) is 11.6 Å². The minimum Gasteiger partial charge on any atom is -0.493 e. The highest BCUT2D eigenvalue weighted by Gasteiger charge is 2.10. The van der Waals surface area contributed by atoms with Gasteiger partial charge in [-0.1, -0.05) is 6.07 Å². The van der Waals surface area contributed by atoms with Crippen molar-refractivity contribution >= 4 is 5.97 Å². The monoisotopic (exact) mass is 294 g/mol. The maximum Gasteiger partial charge on any atom is 0.335 e. The number of carbonyl (C=O) groups is 1. The highest BCUT2D eigenvalue weighted by molar-refractivity contribution is 5.88. The van der Waals surface area contributed by atoms with Crippen molar-refractivity contribution in [2.24, 2.45) is 0 Å². The average Bonchev–Trinajstić information content (AvgIpc) is 2.48. The molecule has 6 heteroatoms. The minimum absolute atomic E-state index is 0.0000217. The van der Waals surface area contributed by atoms with E-state index >= 15 is 0 Å². The van der Waals surface area contributed by atoms with Gasteiger partial charge in [0.2, 0.25) is 0 Å². The summed E-state index contributed by atoms with van der Waals surface area (Å²) in [7, 11) is 1.38. The summed E-state index contributed by atoms with van der Waals surface area (Å²) in [5.74, 6) is -2.41. The second-order valence-corrected chi connectivity index (χ2v) is 4.21. The fourth-order valence-corrected chi connectivity index (χ4v) is 1.71. The second-order valence-electron chi connectivity index (χ2n) is 4.21. The fraction of sp³-hybridized carbons (Fsp3) is 0.133. The summed E-state index contributed by atoms with van der Waals surface area (Å²) in [5, 5.41) is 8.89. The number of carboxylic acids is 1. The van der Waals surface area contributed by atoms with Crippen LogP contribution in [0.4, 0.5) is 8.78 Å². The van der Waals surface area contributed by atoms with Crippen molar-refractivity contribution in [3.8, 4) is 11.5 Å². The van der Waals surface area contributed by atoms with Gasteiger partial charge in [0.1, 0.15) is 6.61 Å². The molecule has 0 heterocycles. The first-order valence-corrected chi connectivity index (χ1v) is 5.99. The zero-order valence-electron chi connectivity index (χ0n) is 11.1. The molecule has 0 aliphatic heterocycles.